The molecule has 0 saturated carbocycles. The minimum atomic E-state index is -0.325. The molecule has 2 atom stereocenters. The van der Waals surface area contributed by atoms with E-state index in [0.717, 1.165) is 29.6 Å². The van der Waals surface area contributed by atoms with E-state index in [4.69, 9.17) is 11.6 Å². The summed E-state index contributed by atoms with van der Waals surface area (Å²) in [6.45, 7) is 4.16. The van der Waals surface area contributed by atoms with Gasteiger partial charge in [-0.3, -0.25) is 4.90 Å². The molecule has 0 radical (unpaired) electrons. The lowest BCUT2D eigenvalue weighted by Crippen LogP contribution is -2.43. The molecule has 20 heavy (non-hydrogen) atoms. The largest absolute Gasteiger partial charge is 0.345 e. The van der Waals surface area contributed by atoms with Gasteiger partial charge in [-0.15, -0.1) is 0 Å². The van der Waals surface area contributed by atoms with Gasteiger partial charge in [0.1, 0.15) is 5.82 Å². The molecule has 0 aliphatic carbocycles. The van der Waals surface area contributed by atoms with Crippen LogP contribution in [0.5, 0.6) is 0 Å². The van der Waals surface area contributed by atoms with Crippen molar-refractivity contribution in [3.8, 4) is 0 Å². The fourth-order valence-corrected chi connectivity index (χ4v) is 3.90. The predicted molar refractivity (Wildman–Crippen MR) is 80.5 cm³/mol. The molecular weight excluding hydrogens is 275 g/mol. The van der Waals surface area contributed by atoms with E-state index in [-0.39, 0.29) is 10.8 Å². The van der Waals surface area contributed by atoms with Crippen LogP contribution in [0.4, 0.5) is 4.39 Å². The van der Waals surface area contributed by atoms with Gasteiger partial charge in [-0.25, -0.2) is 4.39 Å². The molecular formula is C16H16ClFN2. The lowest BCUT2D eigenvalue weighted by atomic mass is 9.86. The summed E-state index contributed by atoms with van der Waals surface area (Å²) < 4.78 is 16.3. The quantitative estimate of drug-likeness (QED) is 0.717. The molecule has 1 aromatic heterocycles. The molecule has 104 valence electrons. The van der Waals surface area contributed by atoms with E-state index in [1.807, 2.05) is 12.3 Å². The molecule has 2 nitrogen and oxygen atoms in total. The van der Waals surface area contributed by atoms with Gasteiger partial charge in [0.15, 0.2) is 0 Å². The zero-order chi connectivity index (χ0) is 14.0. The number of benzene rings is 1. The molecule has 2 aliphatic rings. The Labute approximate surface area is 122 Å². The Morgan fingerprint density at radius 3 is 2.95 bits per heavy atom. The topological polar surface area (TPSA) is 8.17 Å². The molecule has 0 fully saturated rings. The number of nitrogens with zero attached hydrogens (tertiary/aromatic N) is 2. The van der Waals surface area contributed by atoms with E-state index in [0.29, 0.717) is 12.0 Å². The van der Waals surface area contributed by atoms with Crippen molar-refractivity contribution in [1.29, 1.82) is 0 Å². The van der Waals surface area contributed by atoms with Gasteiger partial charge >= 0.3 is 0 Å². The van der Waals surface area contributed by atoms with E-state index >= 15 is 0 Å². The maximum atomic E-state index is 14.1. The van der Waals surface area contributed by atoms with Gasteiger partial charge in [-0.2, -0.15) is 0 Å². The molecule has 0 N–H and O–H groups in total. The Bertz CT molecular complexity index is 747. The van der Waals surface area contributed by atoms with Crippen molar-refractivity contribution in [2.45, 2.75) is 19.5 Å². The van der Waals surface area contributed by atoms with Crippen LogP contribution in [0.2, 0.25) is 5.02 Å². The Morgan fingerprint density at radius 2 is 2.15 bits per heavy atom. The van der Waals surface area contributed by atoms with Crippen molar-refractivity contribution < 1.29 is 4.39 Å². The van der Waals surface area contributed by atoms with E-state index in [1.165, 1.54) is 5.57 Å². The Kier molecular flexibility index (Phi) is 2.54. The second-order valence-corrected chi connectivity index (χ2v) is 6.38. The molecule has 0 bridgehead atoms. The fraction of sp³-hybridized carbons (Fsp3) is 0.375. The summed E-state index contributed by atoms with van der Waals surface area (Å²) in [4.78, 5) is 2.36. The molecule has 4 rings (SSSR count). The van der Waals surface area contributed by atoms with Crippen LogP contribution in [0.1, 0.15) is 12.5 Å². The van der Waals surface area contributed by atoms with Crippen LogP contribution < -0.4 is 0 Å². The third-order valence-corrected chi connectivity index (χ3v) is 4.93. The fourth-order valence-electron chi connectivity index (χ4n) is 3.69. The molecule has 1 aromatic carbocycles. The van der Waals surface area contributed by atoms with Gasteiger partial charge in [0.25, 0.3) is 0 Å². The normalized spacial score (nSPS) is 25.7. The molecule has 4 heteroatoms. The Balaban J connectivity index is 2.06. The van der Waals surface area contributed by atoms with Crippen LogP contribution in [0.15, 0.2) is 24.4 Å². The number of rotatable bonds is 0. The van der Waals surface area contributed by atoms with E-state index < -0.39 is 0 Å². The molecule has 0 amide bonds. The molecule has 0 unspecified atom stereocenters. The van der Waals surface area contributed by atoms with Crippen molar-refractivity contribution in [1.82, 2.24) is 9.47 Å². The van der Waals surface area contributed by atoms with Crippen molar-refractivity contribution in [2.24, 2.45) is 5.92 Å². The molecule has 3 heterocycles. The first kappa shape index (κ1) is 12.4. The number of aromatic nitrogens is 1. The first-order valence-corrected chi connectivity index (χ1v) is 7.33. The Morgan fingerprint density at radius 1 is 1.35 bits per heavy atom. The standard InChI is InChI=1S/C16H16ClFN2/c1-9-5-11-12-6-13(18)15(17)10-3-4-20(16(10)12)8-14(11)19(2)7-9/h3-6,9,14H,7-8H2,1-2H3/t9-,14+/m1/s1. The maximum Gasteiger partial charge on any atom is 0.143 e. The lowest BCUT2D eigenvalue weighted by molar-refractivity contribution is 0.234. The van der Waals surface area contributed by atoms with Crippen molar-refractivity contribution in [3.05, 3.63) is 40.8 Å². The molecule has 0 saturated heterocycles. The average Bonchev–Trinajstić information content (AvgIpc) is 2.81. The SMILES string of the molecule is C[C@@H]1C=C2c3cc(F)c(Cl)c4ccn(c34)C[C@@H]2N(C)C1. The maximum absolute atomic E-state index is 14.1. The van der Waals surface area contributed by atoms with Gasteiger partial charge in [-0.1, -0.05) is 24.6 Å². The number of fused-ring (bicyclic) bond motifs is 2. The smallest absolute Gasteiger partial charge is 0.143 e. The van der Waals surface area contributed by atoms with Crippen molar-refractivity contribution in [3.63, 3.8) is 0 Å². The van der Waals surface area contributed by atoms with E-state index in [9.17, 15) is 4.39 Å². The summed E-state index contributed by atoms with van der Waals surface area (Å²) in [5.41, 5.74) is 3.32. The second-order valence-electron chi connectivity index (χ2n) is 6.00. The highest BCUT2D eigenvalue weighted by Gasteiger charge is 2.33. The van der Waals surface area contributed by atoms with Crippen molar-refractivity contribution >= 4 is 28.1 Å². The lowest BCUT2D eigenvalue weighted by Gasteiger charge is -2.39. The number of hydrogen-bond donors (Lipinski definition) is 0. The van der Waals surface area contributed by atoms with Crippen LogP contribution in [-0.2, 0) is 6.54 Å². The third-order valence-electron chi connectivity index (χ3n) is 4.55. The van der Waals surface area contributed by atoms with E-state index in [2.05, 4.69) is 29.5 Å². The summed E-state index contributed by atoms with van der Waals surface area (Å²) in [5, 5.41) is 1.06. The van der Waals surface area contributed by atoms with Crippen LogP contribution in [0.3, 0.4) is 0 Å². The van der Waals surface area contributed by atoms with Crippen LogP contribution >= 0.6 is 11.6 Å². The van der Waals surface area contributed by atoms with E-state index in [1.54, 1.807) is 6.07 Å². The van der Waals surface area contributed by atoms with Gasteiger partial charge in [0.2, 0.25) is 0 Å². The monoisotopic (exact) mass is 290 g/mol. The predicted octanol–water partition coefficient (Wildman–Crippen LogP) is 3.78. The zero-order valence-corrected chi connectivity index (χ0v) is 12.3. The summed E-state index contributed by atoms with van der Waals surface area (Å²) in [5.74, 6) is 0.163. The minimum Gasteiger partial charge on any atom is -0.345 e. The summed E-state index contributed by atoms with van der Waals surface area (Å²) >= 11 is 6.11. The minimum absolute atomic E-state index is 0.235. The average molecular weight is 291 g/mol. The van der Waals surface area contributed by atoms with Crippen LogP contribution in [-0.4, -0.2) is 29.1 Å². The highest BCUT2D eigenvalue weighted by atomic mass is 35.5. The molecule has 2 aliphatic heterocycles. The molecule has 0 spiro atoms. The van der Waals surface area contributed by atoms with Gasteiger partial charge < -0.3 is 4.57 Å². The summed E-state index contributed by atoms with van der Waals surface area (Å²) in [6, 6.07) is 3.85. The first-order valence-electron chi connectivity index (χ1n) is 6.95. The summed E-state index contributed by atoms with van der Waals surface area (Å²) in [7, 11) is 2.14. The Hall–Kier alpha value is -1.32. The third kappa shape index (κ3) is 1.54. The van der Waals surface area contributed by atoms with Gasteiger partial charge in [0, 0.05) is 30.2 Å². The first-order chi connectivity index (χ1) is 9.56. The van der Waals surface area contributed by atoms with Crippen LogP contribution in [0, 0.1) is 11.7 Å². The number of hydrogen-bond acceptors (Lipinski definition) is 1. The number of halogens is 2. The van der Waals surface area contributed by atoms with Crippen molar-refractivity contribution in [2.75, 3.05) is 13.6 Å². The van der Waals surface area contributed by atoms with Gasteiger partial charge in [-0.05, 0) is 30.7 Å². The number of likely N-dealkylation sites (N-methyl/N-ethyl adjacent to an activating group) is 1. The second kappa shape index (κ2) is 4.09. The molecule has 2 aromatic rings. The highest BCUT2D eigenvalue weighted by molar-refractivity contribution is 6.36. The zero-order valence-electron chi connectivity index (χ0n) is 11.5. The highest BCUT2D eigenvalue weighted by Crippen LogP contribution is 2.41. The summed E-state index contributed by atoms with van der Waals surface area (Å²) in [6.07, 6.45) is 4.31. The van der Waals surface area contributed by atoms with Crippen LogP contribution in [0.25, 0.3) is 16.5 Å². The van der Waals surface area contributed by atoms with Gasteiger partial charge in [0.05, 0.1) is 16.6 Å².